The second kappa shape index (κ2) is 6.99. The third-order valence-electron chi connectivity index (χ3n) is 2.97. The van der Waals surface area contributed by atoms with E-state index < -0.39 is 6.04 Å². The van der Waals surface area contributed by atoms with Crippen molar-refractivity contribution in [2.24, 2.45) is 5.73 Å². The van der Waals surface area contributed by atoms with Gasteiger partial charge in [-0.3, -0.25) is 4.79 Å². The van der Waals surface area contributed by atoms with Crippen LogP contribution in [0.1, 0.15) is 12.5 Å². The number of rotatable bonds is 6. The second-order valence-corrected chi connectivity index (χ2v) is 4.48. The summed E-state index contributed by atoms with van der Waals surface area (Å²) >= 11 is 0. The summed E-state index contributed by atoms with van der Waals surface area (Å²) in [5, 5.41) is 0. The van der Waals surface area contributed by atoms with Crippen molar-refractivity contribution < 1.29 is 14.3 Å². The molecule has 1 atom stereocenters. The summed E-state index contributed by atoms with van der Waals surface area (Å²) in [7, 11) is 5.00. The van der Waals surface area contributed by atoms with Gasteiger partial charge in [0, 0.05) is 13.6 Å². The molecule has 1 rings (SSSR count). The van der Waals surface area contributed by atoms with E-state index in [1.54, 1.807) is 33.1 Å². The van der Waals surface area contributed by atoms with E-state index in [1.165, 1.54) is 0 Å². The Morgan fingerprint density at radius 2 is 2.05 bits per heavy atom. The van der Waals surface area contributed by atoms with Crippen molar-refractivity contribution in [1.82, 2.24) is 4.90 Å². The average molecular weight is 266 g/mol. The maximum absolute atomic E-state index is 11.7. The summed E-state index contributed by atoms with van der Waals surface area (Å²) in [5.74, 6) is 1.50. The molecule has 1 amide bonds. The van der Waals surface area contributed by atoms with Crippen molar-refractivity contribution in [2.45, 2.75) is 19.4 Å². The zero-order valence-electron chi connectivity index (χ0n) is 12.0. The fraction of sp³-hybridized carbons (Fsp3) is 0.500. The van der Waals surface area contributed by atoms with Gasteiger partial charge in [-0.05, 0) is 37.1 Å². The number of nitrogens with two attached hydrogens (primary N) is 1. The van der Waals surface area contributed by atoms with Crippen LogP contribution in [0.4, 0.5) is 0 Å². The van der Waals surface area contributed by atoms with Crippen LogP contribution in [0.15, 0.2) is 18.2 Å². The summed E-state index contributed by atoms with van der Waals surface area (Å²) < 4.78 is 10.5. The van der Waals surface area contributed by atoms with Crippen LogP contribution < -0.4 is 15.2 Å². The zero-order chi connectivity index (χ0) is 14.4. The molecule has 5 heteroatoms. The van der Waals surface area contributed by atoms with E-state index in [2.05, 4.69) is 0 Å². The van der Waals surface area contributed by atoms with Crippen LogP contribution in [-0.4, -0.2) is 44.7 Å². The largest absolute Gasteiger partial charge is 0.497 e. The summed E-state index contributed by atoms with van der Waals surface area (Å²) in [6.45, 7) is 2.27. The summed E-state index contributed by atoms with van der Waals surface area (Å²) in [6.07, 6.45) is 0.690. The molecule has 0 aromatic heterocycles. The number of ether oxygens (including phenoxy) is 2. The lowest BCUT2D eigenvalue weighted by Gasteiger charge is -2.20. The molecule has 0 spiro atoms. The predicted molar refractivity (Wildman–Crippen MR) is 74.5 cm³/mol. The minimum absolute atomic E-state index is 0.0677. The van der Waals surface area contributed by atoms with Crippen LogP contribution in [0, 0.1) is 0 Å². The van der Waals surface area contributed by atoms with Gasteiger partial charge in [0.2, 0.25) is 5.91 Å². The van der Waals surface area contributed by atoms with E-state index >= 15 is 0 Å². The maximum atomic E-state index is 11.7. The first-order valence-electron chi connectivity index (χ1n) is 6.21. The SMILES string of the molecule is COc1ccc(OC)c(CCN(C)C(=O)C(C)N)c1. The van der Waals surface area contributed by atoms with Gasteiger partial charge in [-0.2, -0.15) is 0 Å². The minimum atomic E-state index is -0.475. The van der Waals surface area contributed by atoms with E-state index in [1.807, 2.05) is 18.2 Å². The zero-order valence-corrected chi connectivity index (χ0v) is 12.0. The lowest BCUT2D eigenvalue weighted by atomic mass is 10.1. The quantitative estimate of drug-likeness (QED) is 0.836. The Balaban J connectivity index is 2.73. The van der Waals surface area contributed by atoms with Gasteiger partial charge in [-0.15, -0.1) is 0 Å². The van der Waals surface area contributed by atoms with Gasteiger partial charge in [-0.1, -0.05) is 0 Å². The van der Waals surface area contributed by atoms with Gasteiger partial charge >= 0.3 is 0 Å². The van der Waals surface area contributed by atoms with Gasteiger partial charge in [-0.25, -0.2) is 0 Å². The molecular weight excluding hydrogens is 244 g/mol. The highest BCUT2D eigenvalue weighted by atomic mass is 16.5. The molecule has 0 aliphatic carbocycles. The van der Waals surface area contributed by atoms with Crippen molar-refractivity contribution in [1.29, 1.82) is 0 Å². The molecule has 0 bridgehead atoms. The molecule has 106 valence electrons. The molecule has 0 aliphatic heterocycles. The number of hydrogen-bond acceptors (Lipinski definition) is 4. The maximum Gasteiger partial charge on any atom is 0.238 e. The molecule has 0 saturated carbocycles. The molecule has 2 N–H and O–H groups in total. The smallest absolute Gasteiger partial charge is 0.238 e. The first kappa shape index (κ1) is 15.3. The van der Waals surface area contributed by atoms with Crippen molar-refractivity contribution in [2.75, 3.05) is 27.8 Å². The predicted octanol–water partition coefficient (Wildman–Crippen LogP) is 1.05. The Morgan fingerprint density at radius 3 is 2.58 bits per heavy atom. The van der Waals surface area contributed by atoms with E-state index in [0.29, 0.717) is 13.0 Å². The number of hydrogen-bond donors (Lipinski definition) is 1. The van der Waals surface area contributed by atoms with Gasteiger partial charge in [0.05, 0.1) is 20.3 Å². The van der Waals surface area contributed by atoms with Gasteiger partial charge in [0.25, 0.3) is 0 Å². The lowest BCUT2D eigenvalue weighted by molar-refractivity contribution is -0.130. The molecule has 1 aromatic carbocycles. The monoisotopic (exact) mass is 266 g/mol. The van der Waals surface area contributed by atoms with Crippen molar-refractivity contribution in [3.63, 3.8) is 0 Å². The molecule has 0 radical (unpaired) electrons. The minimum Gasteiger partial charge on any atom is -0.497 e. The Morgan fingerprint density at radius 1 is 1.37 bits per heavy atom. The van der Waals surface area contributed by atoms with Gasteiger partial charge in [0.15, 0.2) is 0 Å². The number of carbonyl (C=O) groups is 1. The number of carbonyl (C=O) groups excluding carboxylic acids is 1. The number of likely N-dealkylation sites (N-methyl/N-ethyl adjacent to an activating group) is 1. The van der Waals surface area contributed by atoms with Crippen LogP contribution in [-0.2, 0) is 11.2 Å². The van der Waals surface area contributed by atoms with Crippen LogP contribution in [0.5, 0.6) is 11.5 Å². The summed E-state index contributed by atoms with van der Waals surface area (Å²) in [4.78, 5) is 13.3. The van der Waals surface area contributed by atoms with Crippen LogP contribution in [0.3, 0.4) is 0 Å². The number of nitrogens with zero attached hydrogens (tertiary/aromatic N) is 1. The van der Waals surface area contributed by atoms with E-state index in [9.17, 15) is 4.79 Å². The van der Waals surface area contributed by atoms with Crippen molar-refractivity contribution in [3.05, 3.63) is 23.8 Å². The molecule has 1 unspecified atom stereocenters. The number of methoxy groups -OCH3 is 2. The van der Waals surface area contributed by atoms with Crippen LogP contribution in [0.2, 0.25) is 0 Å². The molecule has 0 saturated heterocycles. The van der Waals surface area contributed by atoms with E-state index in [0.717, 1.165) is 17.1 Å². The molecule has 1 aromatic rings. The fourth-order valence-electron chi connectivity index (χ4n) is 1.82. The second-order valence-electron chi connectivity index (χ2n) is 4.48. The van der Waals surface area contributed by atoms with Gasteiger partial charge in [0.1, 0.15) is 11.5 Å². The third-order valence-corrected chi connectivity index (χ3v) is 2.97. The topological polar surface area (TPSA) is 64.8 Å². The normalized spacial score (nSPS) is 11.8. The Kier molecular flexibility index (Phi) is 5.63. The van der Waals surface area contributed by atoms with Crippen LogP contribution in [0.25, 0.3) is 0 Å². The Hall–Kier alpha value is -1.75. The molecule has 5 nitrogen and oxygen atoms in total. The average Bonchev–Trinajstić information content (AvgIpc) is 2.43. The highest BCUT2D eigenvalue weighted by Crippen LogP contribution is 2.24. The van der Waals surface area contributed by atoms with Crippen molar-refractivity contribution >= 4 is 5.91 Å². The molecule has 19 heavy (non-hydrogen) atoms. The highest BCUT2D eigenvalue weighted by Gasteiger charge is 2.14. The van der Waals surface area contributed by atoms with E-state index in [4.69, 9.17) is 15.2 Å². The molecule has 0 heterocycles. The lowest BCUT2D eigenvalue weighted by Crippen LogP contribution is -2.40. The Bertz CT molecular complexity index is 433. The Labute approximate surface area is 114 Å². The first-order valence-corrected chi connectivity index (χ1v) is 6.21. The highest BCUT2D eigenvalue weighted by molar-refractivity contribution is 5.80. The third kappa shape index (κ3) is 4.13. The van der Waals surface area contributed by atoms with E-state index in [-0.39, 0.29) is 5.91 Å². The number of amides is 1. The standard InChI is InChI=1S/C14H22N2O3/c1-10(15)14(17)16(2)8-7-11-9-12(18-3)5-6-13(11)19-4/h5-6,9-10H,7-8,15H2,1-4H3. The first-order chi connectivity index (χ1) is 8.99. The number of benzene rings is 1. The summed E-state index contributed by atoms with van der Waals surface area (Å²) in [6, 6.07) is 5.15. The molecular formula is C14H22N2O3. The van der Waals surface area contributed by atoms with Crippen molar-refractivity contribution in [3.8, 4) is 11.5 Å². The van der Waals surface area contributed by atoms with Gasteiger partial charge < -0.3 is 20.1 Å². The molecule has 0 fully saturated rings. The summed E-state index contributed by atoms with van der Waals surface area (Å²) in [5.41, 5.74) is 6.58. The van der Waals surface area contributed by atoms with Crippen LogP contribution >= 0.6 is 0 Å². The fourth-order valence-corrected chi connectivity index (χ4v) is 1.82. The molecule has 0 aliphatic rings.